The fourth-order valence-corrected chi connectivity index (χ4v) is 3.06. The predicted molar refractivity (Wildman–Crippen MR) is 85.7 cm³/mol. The zero-order valence-electron chi connectivity index (χ0n) is 12.1. The van der Waals surface area contributed by atoms with Crippen LogP contribution in [0.15, 0.2) is 28.7 Å². The van der Waals surface area contributed by atoms with Gasteiger partial charge in [0.15, 0.2) is 0 Å². The third-order valence-corrected chi connectivity index (χ3v) is 4.41. The summed E-state index contributed by atoms with van der Waals surface area (Å²) in [5.74, 6) is 0.790. The highest BCUT2D eigenvalue weighted by Crippen LogP contribution is 2.16. The van der Waals surface area contributed by atoms with Gasteiger partial charge >= 0.3 is 0 Å². The summed E-state index contributed by atoms with van der Waals surface area (Å²) in [4.78, 5) is 14.1. The molecule has 1 heterocycles. The average molecular weight is 339 g/mol. The van der Waals surface area contributed by atoms with Gasteiger partial charge in [0.1, 0.15) is 0 Å². The standard InChI is InChI=1S/C16H23BrN2O/c1-19(9-7-13-4-2-6-15(17)10-13)16(20)11-14-5-3-8-18-12-14/h2,4,6,10,14,18H,3,5,7-9,11-12H2,1H3. The first-order chi connectivity index (χ1) is 9.65. The topological polar surface area (TPSA) is 32.3 Å². The van der Waals surface area contributed by atoms with Crippen LogP contribution in [0.2, 0.25) is 0 Å². The van der Waals surface area contributed by atoms with E-state index in [1.807, 2.05) is 24.1 Å². The smallest absolute Gasteiger partial charge is 0.222 e. The highest BCUT2D eigenvalue weighted by Gasteiger charge is 2.18. The molecule has 1 fully saturated rings. The Hall–Kier alpha value is -0.870. The molecule has 0 spiro atoms. The molecule has 1 atom stereocenters. The maximum atomic E-state index is 12.2. The summed E-state index contributed by atoms with van der Waals surface area (Å²) in [5, 5.41) is 3.37. The van der Waals surface area contributed by atoms with Crippen molar-refractivity contribution in [3.05, 3.63) is 34.3 Å². The van der Waals surface area contributed by atoms with E-state index >= 15 is 0 Å². The van der Waals surface area contributed by atoms with Crippen molar-refractivity contribution >= 4 is 21.8 Å². The van der Waals surface area contributed by atoms with E-state index in [1.165, 1.54) is 18.4 Å². The number of likely N-dealkylation sites (N-methyl/N-ethyl adjacent to an activating group) is 1. The highest BCUT2D eigenvalue weighted by molar-refractivity contribution is 9.10. The summed E-state index contributed by atoms with van der Waals surface area (Å²) in [5.41, 5.74) is 1.26. The molecular weight excluding hydrogens is 316 g/mol. The number of piperidine rings is 1. The van der Waals surface area contributed by atoms with Crippen LogP contribution in [0, 0.1) is 5.92 Å². The van der Waals surface area contributed by atoms with E-state index in [-0.39, 0.29) is 5.91 Å². The summed E-state index contributed by atoms with van der Waals surface area (Å²) in [6.45, 7) is 2.88. The Morgan fingerprint density at radius 3 is 3.05 bits per heavy atom. The Bertz CT molecular complexity index is 444. The van der Waals surface area contributed by atoms with Crippen molar-refractivity contribution in [3.63, 3.8) is 0 Å². The van der Waals surface area contributed by atoms with Gasteiger partial charge in [-0.25, -0.2) is 0 Å². The number of nitrogens with one attached hydrogen (secondary N) is 1. The van der Waals surface area contributed by atoms with Crippen LogP contribution < -0.4 is 5.32 Å². The lowest BCUT2D eigenvalue weighted by molar-refractivity contribution is -0.131. The summed E-state index contributed by atoms with van der Waals surface area (Å²) in [7, 11) is 1.91. The van der Waals surface area contributed by atoms with Crippen LogP contribution in [-0.4, -0.2) is 37.5 Å². The molecule has 1 unspecified atom stereocenters. The lowest BCUT2D eigenvalue weighted by Gasteiger charge is -2.25. The van der Waals surface area contributed by atoms with Gasteiger partial charge in [-0.1, -0.05) is 28.1 Å². The van der Waals surface area contributed by atoms with Gasteiger partial charge in [0.05, 0.1) is 0 Å². The Labute approximate surface area is 129 Å². The lowest BCUT2D eigenvalue weighted by atomic mass is 9.95. The molecule has 0 aromatic heterocycles. The molecule has 3 nitrogen and oxygen atoms in total. The van der Waals surface area contributed by atoms with Crippen LogP contribution in [0.4, 0.5) is 0 Å². The van der Waals surface area contributed by atoms with Crippen LogP contribution in [0.1, 0.15) is 24.8 Å². The number of benzene rings is 1. The Balaban J connectivity index is 1.76. The summed E-state index contributed by atoms with van der Waals surface area (Å²) in [6.07, 6.45) is 3.96. The van der Waals surface area contributed by atoms with E-state index in [4.69, 9.17) is 0 Å². The first-order valence-corrected chi connectivity index (χ1v) is 8.13. The van der Waals surface area contributed by atoms with Crippen molar-refractivity contribution in [3.8, 4) is 0 Å². The van der Waals surface area contributed by atoms with E-state index in [0.29, 0.717) is 12.3 Å². The molecule has 1 amide bonds. The highest BCUT2D eigenvalue weighted by atomic mass is 79.9. The third kappa shape index (κ3) is 4.91. The maximum Gasteiger partial charge on any atom is 0.222 e. The van der Waals surface area contributed by atoms with Gasteiger partial charge < -0.3 is 10.2 Å². The van der Waals surface area contributed by atoms with E-state index < -0.39 is 0 Å². The maximum absolute atomic E-state index is 12.2. The van der Waals surface area contributed by atoms with Crippen LogP contribution in [-0.2, 0) is 11.2 Å². The summed E-state index contributed by atoms with van der Waals surface area (Å²) < 4.78 is 1.09. The molecule has 1 aliphatic rings. The molecule has 0 bridgehead atoms. The average Bonchev–Trinajstić information content (AvgIpc) is 2.46. The van der Waals surface area contributed by atoms with Crippen LogP contribution in [0.5, 0.6) is 0 Å². The Morgan fingerprint density at radius 2 is 2.35 bits per heavy atom. The van der Waals surface area contributed by atoms with Gasteiger partial charge in [-0.2, -0.15) is 0 Å². The fraction of sp³-hybridized carbons (Fsp3) is 0.562. The van der Waals surface area contributed by atoms with Crippen molar-refractivity contribution in [1.82, 2.24) is 10.2 Å². The third-order valence-electron chi connectivity index (χ3n) is 3.91. The van der Waals surface area contributed by atoms with Crippen molar-refractivity contribution in [2.45, 2.75) is 25.7 Å². The van der Waals surface area contributed by atoms with Gasteiger partial charge in [0.25, 0.3) is 0 Å². The molecule has 1 aliphatic heterocycles. The van der Waals surface area contributed by atoms with E-state index in [9.17, 15) is 4.79 Å². The molecule has 110 valence electrons. The van der Waals surface area contributed by atoms with Crippen molar-refractivity contribution < 1.29 is 4.79 Å². The van der Waals surface area contributed by atoms with Gasteiger partial charge in [-0.15, -0.1) is 0 Å². The molecule has 0 aliphatic carbocycles. The second kappa shape index (κ2) is 7.79. The molecule has 4 heteroatoms. The minimum absolute atomic E-state index is 0.272. The van der Waals surface area contributed by atoms with E-state index in [1.54, 1.807) is 0 Å². The molecule has 20 heavy (non-hydrogen) atoms. The normalized spacial score (nSPS) is 18.8. The molecular formula is C16H23BrN2O. The second-order valence-corrected chi connectivity index (χ2v) is 6.53. The minimum Gasteiger partial charge on any atom is -0.345 e. The van der Waals surface area contributed by atoms with Gasteiger partial charge in [0, 0.05) is 24.5 Å². The number of rotatable bonds is 5. The SMILES string of the molecule is CN(CCc1cccc(Br)c1)C(=O)CC1CCCNC1. The molecule has 2 rings (SSSR count). The minimum atomic E-state index is 0.272. The van der Waals surface area contributed by atoms with Gasteiger partial charge in [-0.05, 0) is 56.0 Å². The molecule has 1 N–H and O–H groups in total. The zero-order valence-corrected chi connectivity index (χ0v) is 13.7. The van der Waals surface area contributed by atoms with Crippen LogP contribution in [0.25, 0.3) is 0 Å². The quantitative estimate of drug-likeness (QED) is 0.895. The van der Waals surface area contributed by atoms with Crippen molar-refractivity contribution in [1.29, 1.82) is 0 Å². The van der Waals surface area contributed by atoms with Crippen molar-refractivity contribution in [2.75, 3.05) is 26.7 Å². The number of nitrogens with zero attached hydrogens (tertiary/aromatic N) is 1. The molecule has 1 aromatic carbocycles. The molecule has 1 saturated heterocycles. The van der Waals surface area contributed by atoms with Gasteiger partial charge in [0.2, 0.25) is 5.91 Å². The first kappa shape index (κ1) is 15.5. The van der Waals surface area contributed by atoms with Crippen molar-refractivity contribution in [2.24, 2.45) is 5.92 Å². The largest absolute Gasteiger partial charge is 0.345 e. The Kier molecular flexibility index (Phi) is 6.05. The molecule has 0 saturated carbocycles. The summed E-state index contributed by atoms with van der Waals surface area (Å²) >= 11 is 3.48. The lowest BCUT2D eigenvalue weighted by Crippen LogP contribution is -2.35. The first-order valence-electron chi connectivity index (χ1n) is 7.34. The zero-order chi connectivity index (χ0) is 14.4. The number of hydrogen-bond donors (Lipinski definition) is 1. The van der Waals surface area contributed by atoms with E-state index in [0.717, 1.165) is 30.5 Å². The van der Waals surface area contributed by atoms with Crippen LogP contribution >= 0.6 is 15.9 Å². The Morgan fingerprint density at radius 1 is 1.50 bits per heavy atom. The summed E-state index contributed by atoms with van der Waals surface area (Å²) in [6, 6.07) is 8.28. The number of amides is 1. The predicted octanol–water partition coefficient (Wildman–Crippen LogP) is 2.84. The number of halogens is 1. The van der Waals surface area contributed by atoms with Crippen LogP contribution in [0.3, 0.4) is 0 Å². The number of carbonyl (C=O) groups is 1. The van der Waals surface area contributed by atoms with Gasteiger partial charge in [-0.3, -0.25) is 4.79 Å². The molecule has 0 radical (unpaired) electrons. The second-order valence-electron chi connectivity index (χ2n) is 5.61. The molecule has 1 aromatic rings. The van der Waals surface area contributed by atoms with E-state index in [2.05, 4.69) is 33.4 Å². The monoisotopic (exact) mass is 338 g/mol. The number of carbonyl (C=O) groups excluding carboxylic acids is 1. The fourth-order valence-electron chi connectivity index (χ4n) is 2.61. The number of hydrogen-bond acceptors (Lipinski definition) is 2.